The molecule has 2 rings (SSSR count). The summed E-state index contributed by atoms with van der Waals surface area (Å²) >= 11 is 0. The van der Waals surface area contributed by atoms with E-state index in [0.717, 1.165) is 11.4 Å². The Hall–Kier alpha value is -2.37. The number of nitrogens with one attached hydrogen (secondary N) is 1. The lowest BCUT2D eigenvalue weighted by molar-refractivity contribution is 0.706. The zero-order valence-electron chi connectivity index (χ0n) is 10.5. The van der Waals surface area contributed by atoms with Crippen LogP contribution in [0.3, 0.4) is 0 Å². The second kappa shape index (κ2) is 5.31. The molecule has 0 aliphatic heterocycles. The van der Waals surface area contributed by atoms with E-state index in [9.17, 15) is 0 Å². The third-order valence-corrected chi connectivity index (χ3v) is 2.43. The first-order valence-electron chi connectivity index (χ1n) is 5.62. The molecule has 0 atom stereocenters. The van der Waals surface area contributed by atoms with E-state index in [1.807, 2.05) is 38.2 Å². The molecule has 6 heteroatoms. The third kappa shape index (κ3) is 3.07. The van der Waals surface area contributed by atoms with Crippen LogP contribution in [0, 0.1) is 6.92 Å². The van der Waals surface area contributed by atoms with Crippen molar-refractivity contribution in [3.05, 3.63) is 41.9 Å². The lowest BCUT2D eigenvalue weighted by Gasteiger charge is -2.04. The molecule has 0 bridgehead atoms. The van der Waals surface area contributed by atoms with Crippen molar-refractivity contribution in [2.24, 2.45) is 17.8 Å². The Morgan fingerprint density at radius 2 is 2.33 bits per heavy atom. The fourth-order valence-corrected chi connectivity index (χ4v) is 1.59. The second-order valence-corrected chi connectivity index (χ2v) is 3.94. The highest BCUT2D eigenvalue weighted by Crippen LogP contribution is 2.04. The average molecular weight is 244 g/mol. The molecule has 0 aliphatic rings. The van der Waals surface area contributed by atoms with Gasteiger partial charge in [0.05, 0.1) is 17.9 Å². The standard InChI is InChI=1S/C12H16N6/c1-9-7-10(18(2)17-9)8-15-12(13)16-11-5-3-4-6-14-11/h3-7H,8H2,1-2H3,(H3,13,14,15,16). The summed E-state index contributed by atoms with van der Waals surface area (Å²) in [6.07, 6.45) is 1.69. The summed E-state index contributed by atoms with van der Waals surface area (Å²) in [5.41, 5.74) is 7.76. The van der Waals surface area contributed by atoms with Gasteiger partial charge in [0.25, 0.3) is 0 Å². The Morgan fingerprint density at radius 3 is 2.94 bits per heavy atom. The average Bonchev–Trinajstić information content (AvgIpc) is 2.66. The molecule has 0 radical (unpaired) electrons. The molecule has 0 aromatic carbocycles. The summed E-state index contributed by atoms with van der Waals surface area (Å²) < 4.78 is 1.80. The van der Waals surface area contributed by atoms with Crippen LogP contribution in [-0.4, -0.2) is 20.7 Å². The molecular weight excluding hydrogens is 228 g/mol. The van der Waals surface area contributed by atoms with E-state index in [0.29, 0.717) is 18.3 Å². The minimum atomic E-state index is 0.340. The van der Waals surface area contributed by atoms with Crippen LogP contribution < -0.4 is 11.1 Å². The van der Waals surface area contributed by atoms with Crippen LogP contribution >= 0.6 is 0 Å². The fraction of sp³-hybridized carbons (Fsp3) is 0.250. The Labute approximate surface area is 106 Å². The van der Waals surface area contributed by atoms with E-state index in [-0.39, 0.29) is 0 Å². The largest absolute Gasteiger partial charge is 0.370 e. The molecule has 0 amide bonds. The highest BCUT2D eigenvalue weighted by atomic mass is 15.3. The Morgan fingerprint density at radius 1 is 1.50 bits per heavy atom. The van der Waals surface area contributed by atoms with E-state index in [4.69, 9.17) is 5.73 Å². The Kier molecular flexibility index (Phi) is 3.57. The van der Waals surface area contributed by atoms with Crippen molar-refractivity contribution < 1.29 is 0 Å². The number of nitrogens with two attached hydrogens (primary N) is 1. The number of aliphatic imine (C=N–C) groups is 1. The van der Waals surface area contributed by atoms with Crippen LogP contribution in [-0.2, 0) is 13.6 Å². The van der Waals surface area contributed by atoms with Gasteiger partial charge in [0.2, 0.25) is 0 Å². The maximum Gasteiger partial charge on any atom is 0.194 e. The molecule has 0 saturated carbocycles. The van der Waals surface area contributed by atoms with E-state index in [1.165, 1.54) is 0 Å². The maximum absolute atomic E-state index is 5.78. The van der Waals surface area contributed by atoms with Gasteiger partial charge in [-0.25, -0.2) is 9.98 Å². The number of hydrogen-bond donors (Lipinski definition) is 2. The summed E-state index contributed by atoms with van der Waals surface area (Å²) in [7, 11) is 1.89. The second-order valence-electron chi connectivity index (χ2n) is 3.94. The Balaban J connectivity index is 1.99. The normalized spacial score (nSPS) is 11.6. The highest BCUT2D eigenvalue weighted by molar-refractivity contribution is 5.91. The van der Waals surface area contributed by atoms with E-state index < -0.39 is 0 Å². The predicted molar refractivity (Wildman–Crippen MR) is 71.1 cm³/mol. The molecule has 6 nitrogen and oxygen atoms in total. The molecule has 0 aliphatic carbocycles. The van der Waals surface area contributed by atoms with Crippen LogP contribution in [0.15, 0.2) is 35.5 Å². The summed E-state index contributed by atoms with van der Waals surface area (Å²) in [5, 5.41) is 7.17. The van der Waals surface area contributed by atoms with Gasteiger partial charge in [-0.3, -0.25) is 4.68 Å². The summed E-state index contributed by atoms with van der Waals surface area (Å²) in [6.45, 7) is 2.44. The van der Waals surface area contributed by atoms with Crippen LogP contribution in [0.1, 0.15) is 11.4 Å². The first-order chi connectivity index (χ1) is 8.65. The first kappa shape index (κ1) is 12.1. The van der Waals surface area contributed by atoms with Gasteiger partial charge in [-0.05, 0) is 25.1 Å². The molecule has 2 heterocycles. The molecule has 2 aromatic heterocycles. The van der Waals surface area contributed by atoms with Crippen LogP contribution in [0.25, 0.3) is 0 Å². The molecule has 0 unspecified atom stereocenters. The van der Waals surface area contributed by atoms with Crippen molar-refractivity contribution in [2.45, 2.75) is 13.5 Å². The van der Waals surface area contributed by atoms with E-state index >= 15 is 0 Å². The van der Waals surface area contributed by atoms with Crippen molar-refractivity contribution in [3.63, 3.8) is 0 Å². The minimum Gasteiger partial charge on any atom is -0.370 e. The molecule has 94 valence electrons. The zero-order chi connectivity index (χ0) is 13.0. The number of rotatable bonds is 3. The van der Waals surface area contributed by atoms with Gasteiger partial charge in [0, 0.05) is 13.2 Å². The van der Waals surface area contributed by atoms with Crippen molar-refractivity contribution in [2.75, 3.05) is 5.32 Å². The van der Waals surface area contributed by atoms with Crippen molar-refractivity contribution in [3.8, 4) is 0 Å². The van der Waals surface area contributed by atoms with Crippen LogP contribution in [0.5, 0.6) is 0 Å². The third-order valence-electron chi connectivity index (χ3n) is 2.43. The lowest BCUT2D eigenvalue weighted by Crippen LogP contribution is -2.23. The van der Waals surface area contributed by atoms with Gasteiger partial charge >= 0.3 is 0 Å². The van der Waals surface area contributed by atoms with Crippen LogP contribution in [0.2, 0.25) is 0 Å². The fourth-order valence-electron chi connectivity index (χ4n) is 1.59. The van der Waals surface area contributed by atoms with Crippen molar-refractivity contribution in [1.29, 1.82) is 0 Å². The number of aromatic nitrogens is 3. The van der Waals surface area contributed by atoms with Crippen LogP contribution in [0.4, 0.5) is 5.82 Å². The Bertz CT molecular complexity index is 543. The van der Waals surface area contributed by atoms with Gasteiger partial charge in [0.1, 0.15) is 5.82 Å². The highest BCUT2D eigenvalue weighted by Gasteiger charge is 2.01. The minimum absolute atomic E-state index is 0.340. The number of guanidine groups is 1. The lowest BCUT2D eigenvalue weighted by atomic mass is 10.4. The quantitative estimate of drug-likeness (QED) is 0.624. The predicted octanol–water partition coefficient (Wildman–Crippen LogP) is 1.05. The molecule has 3 N–H and O–H groups in total. The molecule has 0 spiro atoms. The number of aryl methyl sites for hydroxylation is 2. The number of nitrogens with zero attached hydrogens (tertiary/aromatic N) is 4. The molecule has 2 aromatic rings. The van der Waals surface area contributed by atoms with Crippen molar-refractivity contribution in [1.82, 2.24) is 14.8 Å². The van der Waals surface area contributed by atoms with E-state index in [1.54, 1.807) is 10.9 Å². The first-order valence-corrected chi connectivity index (χ1v) is 5.62. The molecule has 18 heavy (non-hydrogen) atoms. The monoisotopic (exact) mass is 244 g/mol. The summed E-state index contributed by atoms with van der Waals surface area (Å²) in [5.74, 6) is 1.02. The van der Waals surface area contributed by atoms with Gasteiger partial charge in [-0.1, -0.05) is 6.07 Å². The van der Waals surface area contributed by atoms with Crippen molar-refractivity contribution >= 4 is 11.8 Å². The molecule has 0 fully saturated rings. The van der Waals surface area contributed by atoms with Gasteiger partial charge in [0.15, 0.2) is 5.96 Å². The zero-order valence-corrected chi connectivity index (χ0v) is 10.5. The molecular formula is C12H16N6. The van der Waals surface area contributed by atoms with Gasteiger partial charge in [-0.15, -0.1) is 0 Å². The van der Waals surface area contributed by atoms with Gasteiger partial charge in [-0.2, -0.15) is 5.10 Å². The maximum atomic E-state index is 5.78. The summed E-state index contributed by atoms with van der Waals surface area (Å²) in [4.78, 5) is 8.35. The SMILES string of the molecule is Cc1cc(CN=C(N)Nc2ccccn2)n(C)n1. The van der Waals surface area contributed by atoms with E-state index in [2.05, 4.69) is 20.4 Å². The number of hydrogen-bond acceptors (Lipinski definition) is 3. The smallest absolute Gasteiger partial charge is 0.194 e. The van der Waals surface area contributed by atoms with Gasteiger partial charge < -0.3 is 11.1 Å². The topological polar surface area (TPSA) is 81.1 Å². The number of anilines is 1. The molecule has 0 saturated heterocycles. The summed E-state index contributed by atoms with van der Waals surface area (Å²) in [6, 6.07) is 7.54. The number of pyridine rings is 1.